The molecule has 1 aliphatic heterocycles. The van der Waals surface area contributed by atoms with Gasteiger partial charge in [-0.25, -0.2) is 0 Å². The Morgan fingerprint density at radius 2 is 1.71 bits per heavy atom. The molecule has 4 rings (SSSR count). The Morgan fingerprint density at radius 3 is 2.35 bits per heavy atom. The second kappa shape index (κ2) is 8.05. The fraction of sp³-hybridized carbons (Fsp3) is 0.400. The smallest absolute Gasteiger partial charge is 0.368 e. The number of nitrogens with one attached hydrogen (secondary N) is 1. The number of aromatic nitrogens is 4. The molecule has 1 fully saturated rings. The summed E-state index contributed by atoms with van der Waals surface area (Å²) in [5.74, 6) is -1.13. The van der Waals surface area contributed by atoms with Crippen LogP contribution in [0.5, 0.6) is 0 Å². The first-order valence-corrected chi connectivity index (χ1v) is 9.87. The Hall–Kier alpha value is -3.37. The monoisotopic (exact) mass is 433 g/mol. The van der Waals surface area contributed by atoms with Gasteiger partial charge in [0.25, 0.3) is 5.82 Å². The molecule has 11 heteroatoms. The number of nitrogens with zero attached hydrogens (tertiary/aromatic N) is 6. The van der Waals surface area contributed by atoms with Crippen molar-refractivity contribution in [2.24, 2.45) is 0 Å². The zero-order chi connectivity index (χ0) is 22.2. The number of rotatable bonds is 4. The molecule has 3 aromatic rings. The minimum Gasteiger partial charge on any atom is -0.368 e. The Kier molecular flexibility index (Phi) is 5.42. The van der Waals surface area contributed by atoms with E-state index in [1.54, 1.807) is 18.7 Å². The third kappa shape index (κ3) is 4.12. The van der Waals surface area contributed by atoms with Crippen molar-refractivity contribution in [2.75, 3.05) is 42.9 Å². The third-order valence-electron chi connectivity index (χ3n) is 5.51. The molecule has 1 saturated heterocycles. The van der Waals surface area contributed by atoms with Gasteiger partial charge in [0.05, 0.1) is 6.54 Å². The molecule has 0 spiro atoms. The number of halogens is 3. The van der Waals surface area contributed by atoms with Crippen molar-refractivity contribution in [3.05, 3.63) is 47.3 Å². The quantitative estimate of drug-likeness (QED) is 0.681. The molecule has 1 aliphatic rings. The van der Waals surface area contributed by atoms with E-state index in [0.29, 0.717) is 41.8 Å². The molecular weight excluding hydrogens is 411 g/mol. The molecule has 0 unspecified atom stereocenters. The first-order chi connectivity index (χ1) is 14.8. The maximum atomic E-state index is 13.2. The minimum absolute atomic E-state index is 0.0405. The van der Waals surface area contributed by atoms with E-state index in [2.05, 4.69) is 25.5 Å². The van der Waals surface area contributed by atoms with Crippen LogP contribution in [0.2, 0.25) is 0 Å². The van der Waals surface area contributed by atoms with Crippen molar-refractivity contribution >= 4 is 23.1 Å². The maximum Gasteiger partial charge on any atom is 0.453 e. The van der Waals surface area contributed by atoms with E-state index in [0.717, 1.165) is 5.69 Å². The molecule has 0 aliphatic carbocycles. The number of aryl methyl sites for hydroxylation is 1. The average molecular weight is 433 g/mol. The predicted octanol–water partition coefficient (Wildman–Crippen LogP) is 2.52. The molecule has 2 aromatic heterocycles. The third-order valence-corrected chi connectivity index (χ3v) is 5.51. The first kappa shape index (κ1) is 20.9. The Labute approximate surface area is 176 Å². The highest BCUT2D eigenvalue weighted by molar-refractivity contribution is 5.81. The SMILES string of the molecule is Cc1c(NCC(=O)N2CCN(c3ccccc3)CC2)nn2c(C(F)(F)F)nnc2c1C. The number of benzene rings is 1. The molecule has 0 bridgehead atoms. The number of fused-ring (bicyclic) bond motifs is 1. The van der Waals surface area contributed by atoms with Crippen LogP contribution in [0.4, 0.5) is 24.7 Å². The Morgan fingerprint density at radius 1 is 1.03 bits per heavy atom. The van der Waals surface area contributed by atoms with Crippen LogP contribution < -0.4 is 10.2 Å². The molecule has 0 radical (unpaired) electrons. The highest BCUT2D eigenvalue weighted by Gasteiger charge is 2.38. The molecule has 8 nitrogen and oxygen atoms in total. The van der Waals surface area contributed by atoms with Gasteiger partial charge in [-0.2, -0.15) is 17.7 Å². The lowest BCUT2D eigenvalue weighted by Crippen LogP contribution is -2.50. The van der Waals surface area contributed by atoms with E-state index >= 15 is 0 Å². The molecule has 31 heavy (non-hydrogen) atoms. The first-order valence-electron chi connectivity index (χ1n) is 9.87. The summed E-state index contributed by atoms with van der Waals surface area (Å²) >= 11 is 0. The molecule has 3 heterocycles. The molecule has 1 aromatic carbocycles. The predicted molar refractivity (Wildman–Crippen MR) is 109 cm³/mol. The van der Waals surface area contributed by atoms with E-state index in [1.807, 2.05) is 30.3 Å². The Bertz CT molecular complexity index is 1090. The van der Waals surface area contributed by atoms with E-state index in [1.165, 1.54) is 0 Å². The van der Waals surface area contributed by atoms with Crippen LogP contribution in [0.25, 0.3) is 5.65 Å². The van der Waals surface area contributed by atoms with Crippen molar-refractivity contribution in [3.63, 3.8) is 0 Å². The molecule has 1 N–H and O–H groups in total. The number of anilines is 2. The van der Waals surface area contributed by atoms with Crippen molar-refractivity contribution in [1.29, 1.82) is 0 Å². The van der Waals surface area contributed by atoms with Gasteiger partial charge in [-0.3, -0.25) is 4.79 Å². The average Bonchev–Trinajstić information content (AvgIpc) is 3.20. The summed E-state index contributed by atoms with van der Waals surface area (Å²) in [4.78, 5) is 16.6. The number of carbonyl (C=O) groups excluding carboxylic acids is 1. The van der Waals surface area contributed by atoms with E-state index < -0.39 is 12.0 Å². The summed E-state index contributed by atoms with van der Waals surface area (Å²) in [5, 5.41) is 13.7. The molecule has 1 amide bonds. The molecule has 0 atom stereocenters. The van der Waals surface area contributed by atoms with E-state index in [-0.39, 0.29) is 23.9 Å². The summed E-state index contributed by atoms with van der Waals surface area (Å²) < 4.78 is 40.2. The second-order valence-corrected chi connectivity index (χ2v) is 7.41. The van der Waals surface area contributed by atoms with Gasteiger partial charge < -0.3 is 15.1 Å². The highest BCUT2D eigenvalue weighted by atomic mass is 19.4. The number of hydrogen-bond acceptors (Lipinski definition) is 6. The van der Waals surface area contributed by atoms with E-state index in [9.17, 15) is 18.0 Å². The van der Waals surface area contributed by atoms with Gasteiger partial charge in [-0.1, -0.05) is 18.2 Å². The zero-order valence-corrected chi connectivity index (χ0v) is 17.1. The van der Waals surface area contributed by atoms with Crippen molar-refractivity contribution in [1.82, 2.24) is 24.7 Å². The normalized spacial score (nSPS) is 14.9. The van der Waals surface area contributed by atoms with Crippen LogP contribution in [0.1, 0.15) is 17.0 Å². The fourth-order valence-electron chi connectivity index (χ4n) is 3.60. The highest BCUT2D eigenvalue weighted by Crippen LogP contribution is 2.29. The van der Waals surface area contributed by atoms with Crippen molar-refractivity contribution in [3.8, 4) is 0 Å². The lowest BCUT2D eigenvalue weighted by molar-refractivity contribution is -0.146. The van der Waals surface area contributed by atoms with Crippen molar-refractivity contribution in [2.45, 2.75) is 20.0 Å². The van der Waals surface area contributed by atoms with Crippen LogP contribution >= 0.6 is 0 Å². The number of alkyl halides is 3. The van der Waals surface area contributed by atoms with Gasteiger partial charge in [-0.05, 0) is 31.5 Å². The molecule has 164 valence electrons. The van der Waals surface area contributed by atoms with Gasteiger partial charge in [-0.15, -0.1) is 15.3 Å². The van der Waals surface area contributed by atoms with Crippen LogP contribution in [0, 0.1) is 13.8 Å². The number of carbonyl (C=O) groups is 1. The molecular formula is C20H22F3N7O. The number of amides is 1. The van der Waals surface area contributed by atoms with Gasteiger partial charge in [0.15, 0.2) is 11.5 Å². The van der Waals surface area contributed by atoms with Gasteiger partial charge in [0, 0.05) is 37.4 Å². The Balaban J connectivity index is 1.43. The van der Waals surface area contributed by atoms with Gasteiger partial charge in [0.1, 0.15) is 0 Å². The number of para-hydroxylation sites is 1. The molecule has 0 saturated carbocycles. The topological polar surface area (TPSA) is 78.7 Å². The largest absolute Gasteiger partial charge is 0.453 e. The lowest BCUT2D eigenvalue weighted by atomic mass is 10.2. The number of piperazine rings is 1. The van der Waals surface area contributed by atoms with Gasteiger partial charge >= 0.3 is 6.18 Å². The summed E-state index contributed by atoms with van der Waals surface area (Å²) in [7, 11) is 0. The summed E-state index contributed by atoms with van der Waals surface area (Å²) in [5.41, 5.74) is 2.30. The fourth-order valence-corrected chi connectivity index (χ4v) is 3.60. The van der Waals surface area contributed by atoms with Gasteiger partial charge in [0.2, 0.25) is 5.91 Å². The number of hydrogen-bond donors (Lipinski definition) is 1. The lowest BCUT2D eigenvalue weighted by Gasteiger charge is -2.36. The van der Waals surface area contributed by atoms with Crippen molar-refractivity contribution < 1.29 is 18.0 Å². The summed E-state index contributed by atoms with van der Waals surface area (Å²) in [6.07, 6.45) is -4.68. The standard InChI is InChI=1S/C20H22F3N7O/c1-13-14(2)18-25-26-19(20(21,22)23)30(18)27-17(13)24-12-16(31)29-10-8-28(9-11-29)15-6-4-3-5-7-15/h3-7H,8-12H2,1-2H3,(H,24,27). The maximum absolute atomic E-state index is 13.2. The van der Waals surface area contributed by atoms with Crippen LogP contribution in [-0.4, -0.2) is 63.3 Å². The van der Waals surface area contributed by atoms with Crippen LogP contribution in [0.3, 0.4) is 0 Å². The second-order valence-electron chi connectivity index (χ2n) is 7.41. The van der Waals surface area contributed by atoms with Crippen LogP contribution in [0.15, 0.2) is 30.3 Å². The summed E-state index contributed by atoms with van der Waals surface area (Å²) in [6, 6.07) is 9.98. The zero-order valence-electron chi connectivity index (χ0n) is 17.1. The summed E-state index contributed by atoms with van der Waals surface area (Å²) in [6.45, 7) is 5.88. The minimum atomic E-state index is -4.68. The van der Waals surface area contributed by atoms with Crippen LogP contribution in [-0.2, 0) is 11.0 Å². The van der Waals surface area contributed by atoms with E-state index in [4.69, 9.17) is 0 Å².